The molecule has 0 unspecified atom stereocenters. The first-order valence-electron chi connectivity index (χ1n) is 5.14. The van der Waals surface area contributed by atoms with Crippen LogP contribution in [0.4, 0.5) is 0 Å². The van der Waals surface area contributed by atoms with Crippen molar-refractivity contribution in [1.82, 2.24) is 14.6 Å². The fourth-order valence-corrected chi connectivity index (χ4v) is 2.40. The molecule has 90 valence electrons. The average Bonchev–Trinajstić information content (AvgIpc) is 3.06. The van der Waals surface area contributed by atoms with Crippen LogP contribution in [0.5, 0.6) is 0 Å². The molecule has 6 nitrogen and oxygen atoms in total. The zero-order valence-electron chi connectivity index (χ0n) is 9.19. The van der Waals surface area contributed by atoms with Crippen molar-refractivity contribution in [3.63, 3.8) is 0 Å². The van der Waals surface area contributed by atoms with E-state index in [9.17, 15) is 0 Å². The molecule has 0 aliphatic rings. The standard InChI is InChI=1S/C11H9N5OS/c12-10(15-17)8-5-14-16-9(1-3-13-11(8)16)7-2-4-18-6-7/h1-6,17H,(H2,12,15). The molecular formula is C11H9N5OS. The van der Waals surface area contributed by atoms with Crippen LogP contribution in [0.2, 0.25) is 0 Å². The van der Waals surface area contributed by atoms with Crippen molar-refractivity contribution in [2.45, 2.75) is 0 Å². The number of nitrogens with two attached hydrogens (primary N) is 1. The molecule has 0 atom stereocenters. The van der Waals surface area contributed by atoms with Gasteiger partial charge in [0.2, 0.25) is 0 Å². The van der Waals surface area contributed by atoms with E-state index in [1.807, 2.05) is 22.9 Å². The maximum Gasteiger partial charge on any atom is 0.175 e. The molecule has 7 heteroatoms. The Bertz CT molecular complexity index is 716. The summed E-state index contributed by atoms with van der Waals surface area (Å²) in [5.41, 5.74) is 8.63. The van der Waals surface area contributed by atoms with Gasteiger partial charge in [0.15, 0.2) is 11.5 Å². The number of nitrogens with zero attached hydrogens (tertiary/aromatic N) is 4. The minimum absolute atomic E-state index is 0.0000291. The molecule has 0 saturated heterocycles. The minimum atomic E-state index is -0.0000291. The zero-order chi connectivity index (χ0) is 12.5. The summed E-state index contributed by atoms with van der Waals surface area (Å²) in [6.07, 6.45) is 3.21. The van der Waals surface area contributed by atoms with Gasteiger partial charge >= 0.3 is 0 Å². The van der Waals surface area contributed by atoms with E-state index in [1.54, 1.807) is 22.0 Å². The van der Waals surface area contributed by atoms with Gasteiger partial charge in [0, 0.05) is 17.1 Å². The molecule has 0 aromatic carbocycles. The lowest BCUT2D eigenvalue weighted by Gasteiger charge is -2.02. The van der Waals surface area contributed by atoms with Crippen molar-refractivity contribution in [2.75, 3.05) is 0 Å². The first-order valence-corrected chi connectivity index (χ1v) is 6.09. The van der Waals surface area contributed by atoms with E-state index in [4.69, 9.17) is 10.9 Å². The quantitative estimate of drug-likeness (QED) is 0.316. The van der Waals surface area contributed by atoms with E-state index in [-0.39, 0.29) is 5.84 Å². The zero-order valence-corrected chi connectivity index (χ0v) is 10.0. The van der Waals surface area contributed by atoms with Crippen LogP contribution in [0, 0.1) is 0 Å². The highest BCUT2D eigenvalue weighted by Gasteiger charge is 2.12. The molecule has 0 saturated carbocycles. The number of fused-ring (bicyclic) bond motifs is 1. The Balaban J connectivity index is 2.28. The molecular weight excluding hydrogens is 250 g/mol. The molecule has 3 aromatic heterocycles. The van der Waals surface area contributed by atoms with E-state index in [1.165, 1.54) is 6.20 Å². The molecule has 0 radical (unpaired) electrons. The van der Waals surface area contributed by atoms with Gasteiger partial charge in [-0.25, -0.2) is 9.50 Å². The second-order valence-electron chi connectivity index (χ2n) is 3.62. The normalized spacial score (nSPS) is 12.1. The molecule has 0 bridgehead atoms. The Kier molecular flexibility index (Phi) is 2.45. The average molecular weight is 259 g/mol. The van der Waals surface area contributed by atoms with Gasteiger partial charge in [0.25, 0.3) is 0 Å². The van der Waals surface area contributed by atoms with Crippen molar-refractivity contribution >= 4 is 22.8 Å². The largest absolute Gasteiger partial charge is 0.409 e. The van der Waals surface area contributed by atoms with Crippen LogP contribution < -0.4 is 5.73 Å². The van der Waals surface area contributed by atoms with Gasteiger partial charge in [0.1, 0.15) is 0 Å². The third-order valence-corrected chi connectivity index (χ3v) is 3.29. The lowest BCUT2D eigenvalue weighted by Crippen LogP contribution is -2.13. The molecule has 0 fully saturated rings. The SMILES string of the molecule is N/C(=N\O)c1cnn2c(-c3ccsc3)ccnc12. The van der Waals surface area contributed by atoms with Crippen LogP contribution in [-0.4, -0.2) is 25.6 Å². The lowest BCUT2D eigenvalue weighted by molar-refractivity contribution is 0.318. The first-order chi connectivity index (χ1) is 8.81. The second-order valence-corrected chi connectivity index (χ2v) is 4.40. The van der Waals surface area contributed by atoms with Gasteiger partial charge < -0.3 is 10.9 Å². The summed E-state index contributed by atoms with van der Waals surface area (Å²) in [5, 5.41) is 19.9. The van der Waals surface area contributed by atoms with Crippen LogP contribution in [0.3, 0.4) is 0 Å². The van der Waals surface area contributed by atoms with E-state index < -0.39 is 0 Å². The highest BCUT2D eigenvalue weighted by atomic mass is 32.1. The Morgan fingerprint density at radius 1 is 1.44 bits per heavy atom. The smallest absolute Gasteiger partial charge is 0.175 e. The lowest BCUT2D eigenvalue weighted by atomic mass is 10.2. The maximum atomic E-state index is 8.72. The Morgan fingerprint density at radius 2 is 2.33 bits per heavy atom. The van der Waals surface area contributed by atoms with Crippen molar-refractivity contribution < 1.29 is 5.21 Å². The Labute approximate surface area is 106 Å². The van der Waals surface area contributed by atoms with Gasteiger partial charge in [-0.15, -0.1) is 0 Å². The van der Waals surface area contributed by atoms with Gasteiger partial charge in [-0.3, -0.25) is 0 Å². The summed E-state index contributed by atoms with van der Waals surface area (Å²) >= 11 is 1.61. The van der Waals surface area contributed by atoms with Crippen LogP contribution in [0.25, 0.3) is 16.9 Å². The van der Waals surface area contributed by atoms with Crippen LogP contribution in [-0.2, 0) is 0 Å². The fourth-order valence-electron chi connectivity index (χ4n) is 1.75. The van der Waals surface area contributed by atoms with Crippen molar-refractivity contribution in [3.8, 4) is 11.3 Å². The van der Waals surface area contributed by atoms with E-state index in [0.717, 1.165) is 11.3 Å². The number of thiophene rings is 1. The summed E-state index contributed by atoms with van der Waals surface area (Å²) in [4.78, 5) is 4.21. The minimum Gasteiger partial charge on any atom is -0.409 e. The third-order valence-electron chi connectivity index (χ3n) is 2.60. The van der Waals surface area contributed by atoms with Crippen molar-refractivity contribution in [3.05, 3.63) is 40.8 Å². The molecule has 18 heavy (non-hydrogen) atoms. The maximum absolute atomic E-state index is 8.72. The highest BCUT2D eigenvalue weighted by Crippen LogP contribution is 2.22. The predicted molar refractivity (Wildman–Crippen MR) is 68.8 cm³/mol. The van der Waals surface area contributed by atoms with Gasteiger partial charge in [-0.1, -0.05) is 5.16 Å². The monoisotopic (exact) mass is 259 g/mol. The van der Waals surface area contributed by atoms with E-state index in [2.05, 4.69) is 15.2 Å². The topological polar surface area (TPSA) is 88.8 Å². The molecule has 3 rings (SSSR count). The summed E-state index contributed by atoms with van der Waals surface area (Å²) in [6, 6.07) is 3.88. The van der Waals surface area contributed by atoms with Crippen LogP contribution >= 0.6 is 11.3 Å². The second kappa shape index (κ2) is 4.11. The number of amidine groups is 1. The number of hydrogen-bond donors (Lipinski definition) is 2. The van der Waals surface area contributed by atoms with Gasteiger partial charge in [-0.2, -0.15) is 16.4 Å². The summed E-state index contributed by atoms with van der Waals surface area (Å²) in [5.74, 6) is -0.0000291. The molecule has 0 amide bonds. The molecule has 0 spiro atoms. The Hall–Kier alpha value is -2.41. The number of aromatic nitrogens is 3. The van der Waals surface area contributed by atoms with Gasteiger partial charge in [-0.05, 0) is 17.5 Å². The van der Waals surface area contributed by atoms with Crippen LogP contribution in [0.1, 0.15) is 5.56 Å². The Morgan fingerprint density at radius 3 is 3.06 bits per heavy atom. The van der Waals surface area contributed by atoms with Crippen molar-refractivity contribution in [2.24, 2.45) is 10.9 Å². The van der Waals surface area contributed by atoms with Crippen molar-refractivity contribution in [1.29, 1.82) is 0 Å². The fraction of sp³-hybridized carbons (Fsp3) is 0. The number of rotatable bonds is 2. The summed E-state index contributed by atoms with van der Waals surface area (Å²) < 4.78 is 1.68. The van der Waals surface area contributed by atoms with E-state index in [0.29, 0.717) is 11.2 Å². The predicted octanol–water partition coefficient (Wildman–Crippen LogP) is 1.55. The summed E-state index contributed by atoms with van der Waals surface area (Å²) in [6.45, 7) is 0. The summed E-state index contributed by atoms with van der Waals surface area (Å²) in [7, 11) is 0. The molecule has 3 heterocycles. The number of hydrogen-bond acceptors (Lipinski definition) is 5. The highest BCUT2D eigenvalue weighted by molar-refractivity contribution is 7.08. The number of oxime groups is 1. The molecule has 3 N–H and O–H groups in total. The third kappa shape index (κ3) is 1.52. The molecule has 3 aromatic rings. The first kappa shape index (κ1) is 10.7. The van der Waals surface area contributed by atoms with E-state index >= 15 is 0 Å². The molecule has 0 aliphatic heterocycles. The molecule has 0 aliphatic carbocycles. The van der Waals surface area contributed by atoms with Gasteiger partial charge in [0.05, 0.1) is 17.5 Å². The van der Waals surface area contributed by atoms with Crippen LogP contribution in [0.15, 0.2) is 40.4 Å².